The standard InChI is InChI=1S/C14H16ClNS2/c1-9(6-10-4-5-17-8-10)16-12-2-3-13-11(12)7-14(15)18-13/h4-5,7-9,12,16H,2-3,6H2,1H3. The zero-order valence-corrected chi connectivity index (χ0v) is 12.7. The van der Waals surface area contributed by atoms with Crippen LogP contribution in [0.1, 0.15) is 35.4 Å². The molecule has 3 rings (SSSR count). The van der Waals surface area contributed by atoms with E-state index in [-0.39, 0.29) is 0 Å². The Bertz CT molecular complexity index is 518. The van der Waals surface area contributed by atoms with Crippen LogP contribution in [0.25, 0.3) is 0 Å². The summed E-state index contributed by atoms with van der Waals surface area (Å²) in [5.41, 5.74) is 2.86. The van der Waals surface area contributed by atoms with Crippen LogP contribution in [0, 0.1) is 0 Å². The van der Waals surface area contributed by atoms with Gasteiger partial charge in [0.25, 0.3) is 0 Å². The Morgan fingerprint density at radius 1 is 1.56 bits per heavy atom. The molecule has 18 heavy (non-hydrogen) atoms. The Balaban J connectivity index is 1.63. The number of hydrogen-bond acceptors (Lipinski definition) is 3. The lowest BCUT2D eigenvalue weighted by Crippen LogP contribution is -2.30. The number of halogens is 1. The van der Waals surface area contributed by atoms with Crippen molar-refractivity contribution in [2.24, 2.45) is 0 Å². The van der Waals surface area contributed by atoms with E-state index in [4.69, 9.17) is 11.6 Å². The van der Waals surface area contributed by atoms with E-state index in [0.29, 0.717) is 12.1 Å². The van der Waals surface area contributed by atoms with Gasteiger partial charge >= 0.3 is 0 Å². The third-order valence-corrected chi connectivity index (χ3v) is 5.53. The van der Waals surface area contributed by atoms with E-state index < -0.39 is 0 Å². The fourth-order valence-corrected chi connectivity index (χ4v) is 4.71. The molecule has 2 unspecified atom stereocenters. The lowest BCUT2D eigenvalue weighted by atomic mass is 10.1. The molecule has 1 aliphatic carbocycles. The van der Waals surface area contributed by atoms with Crippen LogP contribution in [-0.4, -0.2) is 6.04 Å². The predicted molar refractivity (Wildman–Crippen MR) is 81.0 cm³/mol. The number of thiophene rings is 2. The zero-order valence-electron chi connectivity index (χ0n) is 10.3. The maximum absolute atomic E-state index is 6.09. The highest BCUT2D eigenvalue weighted by molar-refractivity contribution is 7.16. The van der Waals surface area contributed by atoms with Crippen molar-refractivity contribution in [2.75, 3.05) is 0 Å². The zero-order chi connectivity index (χ0) is 12.5. The lowest BCUT2D eigenvalue weighted by Gasteiger charge is -2.19. The minimum atomic E-state index is 0.498. The third-order valence-electron chi connectivity index (χ3n) is 3.45. The van der Waals surface area contributed by atoms with Crippen LogP contribution in [-0.2, 0) is 12.8 Å². The molecule has 96 valence electrons. The van der Waals surface area contributed by atoms with E-state index in [1.807, 2.05) is 0 Å². The molecule has 0 saturated carbocycles. The predicted octanol–water partition coefficient (Wildman–Crippen LogP) is 4.67. The van der Waals surface area contributed by atoms with E-state index in [2.05, 4.69) is 35.1 Å². The molecule has 0 aliphatic heterocycles. The van der Waals surface area contributed by atoms with Gasteiger partial charge in [0.2, 0.25) is 0 Å². The van der Waals surface area contributed by atoms with Crippen LogP contribution in [0.15, 0.2) is 22.9 Å². The first-order valence-electron chi connectivity index (χ1n) is 6.27. The molecule has 0 radical (unpaired) electrons. The summed E-state index contributed by atoms with van der Waals surface area (Å²) >= 11 is 9.60. The Morgan fingerprint density at radius 2 is 2.44 bits per heavy atom. The van der Waals surface area contributed by atoms with Gasteiger partial charge in [-0.2, -0.15) is 11.3 Å². The molecule has 2 atom stereocenters. The van der Waals surface area contributed by atoms with Crippen LogP contribution >= 0.6 is 34.3 Å². The fraction of sp³-hybridized carbons (Fsp3) is 0.429. The molecule has 0 saturated heterocycles. The Morgan fingerprint density at radius 3 is 3.22 bits per heavy atom. The van der Waals surface area contributed by atoms with Gasteiger partial charge in [-0.1, -0.05) is 11.6 Å². The van der Waals surface area contributed by atoms with Gasteiger partial charge in [0.15, 0.2) is 0 Å². The smallest absolute Gasteiger partial charge is 0.0934 e. The Labute approximate surface area is 121 Å². The third kappa shape index (κ3) is 2.64. The van der Waals surface area contributed by atoms with Crippen LogP contribution in [0.2, 0.25) is 4.34 Å². The van der Waals surface area contributed by atoms with E-state index >= 15 is 0 Å². The second-order valence-corrected chi connectivity index (χ2v) is 7.47. The van der Waals surface area contributed by atoms with Crippen LogP contribution < -0.4 is 5.32 Å². The molecule has 1 N–H and O–H groups in total. The van der Waals surface area contributed by atoms with Crippen LogP contribution in [0.5, 0.6) is 0 Å². The molecular formula is C14H16ClNS2. The van der Waals surface area contributed by atoms with Gasteiger partial charge in [-0.3, -0.25) is 0 Å². The molecular weight excluding hydrogens is 282 g/mol. The van der Waals surface area contributed by atoms with Crippen molar-refractivity contribution in [1.29, 1.82) is 0 Å². The minimum Gasteiger partial charge on any atom is -0.307 e. The number of nitrogens with one attached hydrogen (secondary N) is 1. The number of fused-ring (bicyclic) bond motifs is 1. The highest BCUT2D eigenvalue weighted by Gasteiger charge is 2.25. The van der Waals surface area contributed by atoms with Gasteiger partial charge < -0.3 is 5.32 Å². The van der Waals surface area contributed by atoms with Crippen molar-refractivity contribution < 1.29 is 0 Å². The summed E-state index contributed by atoms with van der Waals surface area (Å²) in [5.74, 6) is 0. The van der Waals surface area contributed by atoms with E-state index in [1.54, 1.807) is 22.7 Å². The number of rotatable bonds is 4. The average molecular weight is 298 g/mol. The van der Waals surface area contributed by atoms with Gasteiger partial charge in [-0.25, -0.2) is 0 Å². The van der Waals surface area contributed by atoms with Gasteiger partial charge in [0.1, 0.15) is 0 Å². The van der Waals surface area contributed by atoms with Crippen molar-refractivity contribution in [2.45, 2.75) is 38.3 Å². The Hall–Kier alpha value is -0.350. The van der Waals surface area contributed by atoms with Crippen molar-refractivity contribution in [3.8, 4) is 0 Å². The molecule has 0 bridgehead atoms. The van der Waals surface area contributed by atoms with Gasteiger partial charge in [-0.15, -0.1) is 11.3 Å². The van der Waals surface area contributed by atoms with Gasteiger partial charge in [-0.05, 0) is 60.2 Å². The number of hydrogen-bond donors (Lipinski definition) is 1. The molecule has 2 aromatic rings. The molecule has 4 heteroatoms. The number of aryl methyl sites for hydroxylation is 1. The summed E-state index contributed by atoms with van der Waals surface area (Å²) < 4.78 is 0.928. The summed E-state index contributed by atoms with van der Waals surface area (Å²) in [7, 11) is 0. The maximum atomic E-state index is 6.09. The van der Waals surface area contributed by atoms with Crippen molar-refractivity contribution in [3.63, 3.8) is 0 Å². The summed E-state index contributed by atoms with van der Waals surface area (Å²) in [5, 5.41) is 8.12. The van der Waals surface area contributed by atoms with Crippen molar-refractivity contribution >= 4 is 34.3 Å². The molecule has 0 fully saturated rings. The molecule has 1 nitrogen and oxygen atoms in total. The lowest BCUT2D eigenvalue weighted by molar-refractivity contribution is 0.451. The molecule has 2 heterocycles. The van der Waals surface area contributed by atoms with E-state index in [9.17, 15) is 0 Å². The largest absolute Gasteiger partial charge is 0.307 e. The Kier molecular flexibility index (Phi) is 3.76. The second kappa shape index (κ2) is 5.33. The normalized spacial score (nSPS) is 20.0. The summed E-state index contributed by atoms with van der Waals surface area (Å²) in [6, 6.07) is 5.36. The highest BCUT2D eigenvalue weighted by atomic mass is 35.5. The summed E-state index contributed by atoms with van der Waals surface area (Å²) in [6.45, 7) is 2.27. The molecule has 1 aliphatic rings. The molecule has 0 spiro atoms. The van der Waals surface area contributed by atoms with E-state index in [0.717, 1.165) is 10.8 Å². The topological polar surface area (TPSA) is 12.0 Å². The van der Waals surface area contributed by atoms with Crippen molar-refractivity contribution in [1.82, 2.24) is 5.32 Å². The highest BCUT2D eigenvalue weighted by Crippen LogP contribution is 2.39. The minimum absolute atomic E-state index is 0.498. The first kappa shape index (κ1) is 12.7. The maximum Gasteiger partial charge on any atom is 0.0934 e. The first-order chi connectivity index (χ1) is 8.72. The summed E-state index contributed by atoms with van der Waals surface area (Å²) in [4.78, 5) is 1.47. The van der Waals surface area contributed by atoms with Gasteiger partial charge in [0, 0.05) is 17.0 Å². The van der Waals surface area contributed by atoms with Gasteiger partial charge in [0.05, 0.1) is 4.34 Å². The first-order valence-corrected chi connectivity index (χ1v) is 8.41. The second-order valence-electron chi connectivity index (χ2n) is 4.92. The van der Waals surface area contributed by atoms with Crippen LogP contribution in [0.4, 0.5) is 0 Å². The SMILES string of the molecule is CC(Cc1ccsc1)NC1CCc2sc(Cl)cc21. The molecule has 0 aromatic carbocycles. The summed E-state index contributed by atoms with van der Waals surface area (Å²) in [6.07, 6.45) is 3.50. The average Bonchev–Trinajstić information content (AvgIpc) is 2.98. The molecule has 2 aromatic heterocycles. The molecule has 0 amide bonds. The monoisotopic (exact) mass is 297 g/mol. The van der Waals surface area contributed by atoms with Crippen LogP contribution in [0.3, 0.4) is 0 Å². The quantitative estimate of drug-likeness (QED) is 0.864. The van der Waals surface area contributed by atoms with Crippen molar-refractivity contribution in [3.05, 3.63) is 43.2 Å². The fourth-order valence-electron chi connectivity index (χ4n) is 2.67. The van der Waals surface area contributed by atoms with E-state index in [1.165, 1.54) is 28.8 Å².